The topological polar surface area (TPSA) is 84.9 Å². The van der Waals surface area contributed by atoms with Crippen LogP contribution in [0, 0.1) is 5.92 Å². The Morgan fingerprint density at radius 1 is 1.35 bits per heavy atom. The van der Waals surface area contributed by atoms with Gasteiger partial charge in [0.1, 0.15) is 0 Å². The summed E-state index contributed by atoms with van der Waals surface area (Å²) in [5.41, 5.74) is 0. The second kappa shape index (κ2) is 8.52. The van der Waals surface area contributed by atoms with Gasteiger partial charge in [0.05, 0.1) is 19.1 Å². The Morgan fingerprint density at radius 3 is 2.75 bits per heavy atom. The number of nitrogens with one attached hydrogen (secondary N) is 1. The maximum absolute atomic E-state index is 11.9. The number of amides is 2. The monoisotopic (exact) mass is 286 g/mol. The van der Waals surface area contributed by atoms with Gasteiger partial charge < -0.3 is 19.7 Å². The lowest BCUT2D eigenvalue weighted by Gasteiger charge is -2.30. The average Bonchev–Trinajstić information content (AvgIpc) is 2.47. The number of ether oxygens (including phenoxy) is 2. The second-order valence-corrected chi connectivity index (χ2v) is 4.59. The zero-order valence-electron chi connectivity index (χ0n) is 12.0. The lowest BCUT2D eigenvalue weighted by molar-refractivity contribution is -0.154. The standard InChI is InChI=1S/C13H22N2O5/c1-3-20-13(18)10-5-4-7-15(9-10)12(17)11(16)14-6-8-19-2/h10H,3-9H2,1-2H3,(H,14,16). The molecule has 0 radical (unpaired) electrons. The number of carbonyl (C=O) groups is 3. The van der Waals surface area contributed by atoms with Crippen molar-refractivity contribution in [2.24, 2.45) is 5.92 Å². The molecule has 1 saturated heterocycles. The second-order valence-electron chi connectivity index (χ2n) is 4.59. The molecular weight excluding hydrogens is 264 g/mol. The molecule has 0 aromatic carbocycles. The van der Waals surface area contributed by atoms with E-state index in [0.717, 1.165) is 0 Å². The summed E-state index contributed by atoms with van der Waals surface area (Å²) in [5, 5.41) is 2.48. The molecule has 0 saturated carbocycles. The van der Waals surface area contributed by atoms with Crippen molar-refractivity contribution in [1.82, 2.24) is 10.2 Å². The van der Waals surface area contributed by atoms with E-state index in [0.29, 0.717) is 32.6 Å². The Kier molecular flexibility index (Phi) is 7.00. The lowest BCUT2D eigenvalue weighted by atomic mass is 9.98. The summed E-state index contributed by atoms with van der Waals surface area (Å²) in [5.74, 6) is -1.90. The fourth-order valence-corrected chi connectivity index (χ4v) is 2.10. The number of nitrogens with zero attached hydrogens (tertiary/aromatic N) is 1. The summed E-state index contributed by atoms with van der Waals surface area (Å²) >= 11 is 0. The minimum Gasteiger partial charge on any atom is -0.466 e. The summed E-state index contributed by atoms with van der Waals surface area (Å²) < 4.78 is 9.75. The van der Waals surface area contributed by atoms with Crippen LogP contribution in [0.3, 0.4) is 0 Å². The Balaban J connectivity index is 2.47. The molecule has 7 nitrogen and oxygen atoms in total. The summed E-state index contributed by atoms with van der Waals surface area (Å²) in [6.07, 6.45) is 1.38. The van der Waals surface area contributed by atoms with Gasteiger partial charge in [-0.2, -0.15) is 0 Å². The first-order chi connectivity index (χ1) is 9.60. The van der Waals surface area contributed by atoms with Crippen LogP contribution in [0.15, 0.2) is 0 Å². The molecule has 0 bridgehead atoms. The maximum Gasteiger partial charge on any atom is 0.311 e. The average molecular weight is 286 g/mol. The zero-order chi connectivity index (χ0) is 15.0. The number of likely N-dealkylation sites (tertiary alicyclic amines) is 1. The van der Waals surface area contributed by atoms with Crippen molar-refractivity contribution in [3.63, 3.8) is 0 Å². The molecule has 1 rings (SSSR count). The van der Waals surface area contributed by atoms with Gasteiger partial charge in [-0.1, -0.05) is 0 Å². The first-order valence-corrected chi connectivity index (χ1v) is 6.82. The molecule has 114 valence electrons. The van der Waals surface area contributed by atoms with Crippen LogP contribution in [0.2, 0.25) is 0 Å². The first kappa shape index (κ1) is 16.4. The van der Waals surface area contributed by atoms with Gasteiger partial charge >= 0.3 is 17.8 Å². The van der Waals surface area contributed by atoms with E-state index >= 15 is 0 Å². The number of methoxy groups -OCH3 is 1. The van der Waals surface area contributed by atoms with Crippen molar-refractivity contribution in [1.29, 1.82) is 0 Å². The molecule has 1 N–H and O–H groups in total. The minimum absolute atomic E-state index is 0.245. The molecule has 0 aliphatic carbocycles. The normalized spacial score (nSPS) is 18.5. The molecule has 1 unspecified atom stereocenters. The fourth-order valence-electron chi connectivity index (χ4n) is 2.10. The van der Waals surface area contributed by atoms with Crippen LogP contribution in [0.1, 0.15) is 19.8 Å². The van der Waals surface area contributed by atoms with Crippen molar-refractivity contribution in [3.05, 3.63) is 0 Å². The summed E-state index contributed by atoms with van der Waals surface area (Å²) in [7, 11) is 1.52. The largest absolute Gasteiger partial charge is 0.466 e. The molecule has 20 heavy (non-hydrogen) atoms. The van der Waals surface area contributed by atoms with Gasteiger partial charge in [0.2, 0.25) is 0 Å². The predicted molar refractivity (Wildman–Crippen MR) is 70.8 cm³/mol. The highest BCUT2D eigenvalue weighted by molar-refractivity contribution is 6.35. The molecule has 0 aromatic rings. The number of esters is 1. The molecule has 1 heterocycles. The maximum atomic E-state index is 11.9. The van der Waals surface area contributed by atoms with E-state index in [1.807, 2.05) is 0 Å². The SMILES string of the molecule is CCOC(=O)C1CCCN(C(=O)C(=O)NCCOC)C1. The quantitative estimate of drug-likeness (QED) is 0.420. The summed E-state index contributed by atoms with van der Waals surface area (Å²) in [6, 6.07) is 0. The molecule has 1 aliphatic rings. The van der Waals surface area contributed by atoms with E-state index < -0.39 is 11.8 Å². The van der Waals surface area contributed by atoms with Crippen LogP contribution in [-0.2, 0) is 23.9 Å². The number of piperidine rings is 1. The van der Waals surface area contributed by atoms with E-state index in [9.17, 15) is 14.4 Å². The van der Waals surface area contributed by atoms with Crippen LogP contribution in [0.5, 0.6) is 0 Å². The van der Waals surface area contributed by atoms with Gasteiger partial charge in [0.25, 0.3) is 0 Å². The van der Waals surface area contributed by atoms with Crippen LogP contribution in [0.25, 0.3) is 0 Å². The van der Waals surface area contributed by atoms with Crippen molar-refractivity contribution in [3.8, 4) is 0 Å². The van der Waals surface area contributed by atoms with Gasteiger partial charge in [0, 0.05) is 26.7 Å². The number of carbonyl (C=O) groups excluding carboxylic acids is 3. The predicted octanol–water partition coefficient (Wildman–Crippen LogP) is -0.449. The highest BCUT2D eigenvalue weighted by Gasteiger charge is 2.31. The Morgan fingerprint density at radius 2 is 2.10 bits per heavy atom. The lowest BCUT2D eigenvalue weighted by Crippen LogP contribution is -2.49. The van der Waals surface area contributed by atoms with E-state index in [1.165, 1.54) is 12.0 Å². The van der Waals surface area contributed by atoms with Crippen molar-refractivity contribution < 1.29 is 23.9 Å². The van der Waals surface area contributed by atoms with Crippen LogP contribution in [-0.4, -0.2) is 62.6 Å². The van der Waals surface area contributed by atoms with E-state index in [-0.39, 0.29) is 25.0 Å². The third-order valence-electron chi connectivity index (χ3n) is 3.11. The van der Waals surface area contributed by atoms with Gasteiger partial charge in [-0.05, 0) is 19.8 Å². The molecule has 1 aliphatic heterocycles. The molecule has 7 heteroatoms. The summed E-state index contributed by atoms with van der Waals surface area (Å²) in [6.45, 7) is 3.44. The van der Waals surface area contributed by atoms with Crippen molar-refractivity contribution in [2.75, 3.05) is 40.0 Å². The number of rotatable bonds is 5. The number of hydrogen-bond acceptors (Lipinski definition) is 5. The molecule has 1 atom stereocenters. The highest BCUT2D eigenvalue weighted by atomic mass is 16.5. The first-order valence-electron chi connectivity index (χ1n) is 6.82. The molecule has 2 amide bonds. The van der Waals surface area contributed by atoms with Crippen LogP contribution < -0.4 is 5.32 Å². The highest BCUT2D eigenvalue weighted by Crippen LogP contribution is 2.18. The smallest absolute Gasteiger partial charge is 0.311 e. The van der Waals surface area contributed by atoms with Crippen molar-refractivity contribution >= 4 is 17.8 Å². The molecule has 0 spiro atoms. The third kappa shape index (κ3) is 4.80. The van der Waals surface area contributed by atoms with Crippen LogP contribution in [0.4, 0.5) is 0 Å². The molecule has 0 aromatic heterocycles. The third-order valence-corrected chi connectivity index (χ3v) is 3.11. The van der Waals surface area contributed by atoms with Gasteiger partial charge in [-0.3, -0.25) is 14.4 Å². The number of hydrogen-bond donors (Lipinski definition) is 1. The molecule has 1 fully saturated rings. The van der Waals surface area contributed by atoms with E-state index in [4.69, 9.17) is 9.47 Å². The summed E-state index contributed by atoms with van der Waals surface area (Å²) in [4.78, 5) is 36.7. The zero-order valence-corrected chi connectivity index (χ0v) is 12.0. The van der Waals surface area contributed by atoms with Crippen LogP contribution >= 0.6 is 0 Å². The van der Waals surface area contributed by atoms with E-state index in [2.05, 4.69) is 5.32 Å². The van der Waals surface area contributed by atoms with E-state index in [1.54, 1.807) is 6.92 Å². The molecular formula is C13H22N2O5. The minimum atomic E-state index is -0.661. The van der Waals surface area contributed by atoms with Gasteiger partial charge in [-0.15, -0.1) is 0 Å². The van der Waals surface area contributed by atoms with Gasteiger partial charge in [0.15, 0.2) is 0 Å². The Hall–Kier alpha value is -1.63. The Bertz CT molecular complexity index is 359. The fraction of sp³-hybridized carbons (Fsp3) is 0.769. The van der Waals surface area contributed by atoms with Crippen molar-refractivity contribution in [2.45, 2.75) is 19.8 Å². The van der Waals surface area contributed by atoms with Gasteiger partial charge in [-0.25, -0.2) is 0 Å². The Labute approximate surface area is 118 Å².